The highest BCUT2D eigenvalue weighted by molar-refractivity contribution is 6.28. The van der Waals surface area contributed by atoms with E-state index in [4.69, 9.17) is 11.6 Å². The molecule has 1 fully saturated rings. The number of halogens is 1. The number of carbonyl (C=O) groups is 1. The van der Waals surface area contributed by atoms with E-state index in [9.17, 15) is 4.79 Å². The van der Waals surface area contributed by atoms with Crippen LogP contribution in [0, 0.1) is 0 Å². The van der Waals surface area contributed by atoms with Crippen molar-refractivity contribution < 1.29 is 4.79 Å². The van der Waals surface area contributed by atoms with Gasteiger partial charge in [0.2, 0.25) is 5.91 Å². The second-order valence-electron chi connectivity index (χ2n) is 4.48. The van der Waals surface area contributed by atoms with E-state index in [-0.39, 0.29) is 11.8 Å². The van der Waals surface area contributed by atoms with Gasteiger partial charge in [-0.3, -0.25) is 4.79 Å². The monoisotopic (exact) mass is 267 g/mol. The first-order chi connectivity index (χ1) is 8.79. The number of nitrogens with one attached hydrogen (secondary N) is 1. The number of amides is 1. The van der Waals surface area contributed by atoms with Crippen LogP contribution in [-0.2, 0) is 4.79 Å². The molecule has 0 aromatic carbocycles. The predicted octanol–water partition coefficient (Wildman–Crippen LogP) is 2.64. The lowest BCUT2D eigenvalue weighted by molar-refractivity contribution is -0.113. The molecule has 1 saturated heterocycles. The van der Waals surface area contributed by atoms with Gasteiger partial charge in [0.05, 0.1) is 11.9 Å². The van der Waals surface area contributed by atoms with Crippen LogP contribution in [0.2, 0.25) is 0 Å². The molecule has 0 atom stereocenters. The van der Waals surface area contributed by atoms with Crippen LogP contribution in [0.3, 0.4) is 0 Å². The fourth-order valence-electron chi connectivity index (χ4n) is 2.15. The van der Waals surface area contributed by atoms with E-state index in [0.717, 1.165) is 18.8 Å². The smallest absolute Gasteiger partial charge is 0.240 e. The van der Waals surface area contributed by atoms with Crippen molar-refractivity contribution in [3.05, 3.63) is 18.3 Å². The number of hydrogen-bond acceptors (Lipinski definition) is 3. The minimum Gasteiger partial charge on any atom is -0.370 e. The van der Waals surface area contributed by atoms with Crippen molar-refractivity contribution in [3.63, 3.8) is 0 Å². The number of anilines is 2. The molecule has 0 spiro atoms. The molecule has 0 bridgehead atoms. The fraction of sp³-hybridized carbons (Fsp3) is 0.538. The fourth-order valence-corrected chi connectivity index (χ4v) is 2.22. The number of alkyl halides is 1. The standard InChI is InChI=1S/C13H18ClN3O/c14-9-13(18)16-12-6-5-11(10-15-12)17-7-3-1-2-4-8-17/h5-6,10H,1-4,7-9H2,(H,15,16,18). The Bertz CT molecular complexity index is 386. The minimum absolute atomic E-state index is 0.0461. The molecule has 1 N–H and O–H groups in total. The van der Waals surface area contributed by atoms with Crippen LogP contribution >= 0.6 is 11.6 Å². The maximum atomic E-state index is 11.1. The van der Waals surface area contributed by atoms with Gasteiger partial charge in [-0.25, -0.2) is 4.98 Å². The molecular formula is C13H18ClN3O. The van der Waals surface area contributed by atoms with Gasteiger partial charge in [0.15, 0.2) is 0 Å². The Kier molecular flexibility index (Phi) is 4.81. The molecule has 1 amide bonds. The lowest BCUT2D eigenvalue weighted by Crippen LogP contribution is -2.24. The van der Waals surface area contributed by atoms with E-state index in [1.807, 2.05) is 18.3 Å². The molecule has 2 heterocycles. The maximum absolute atomic E-state index is 11.1. The van der Waals surface area contributed by atoms with E-state index >= 15 is 0 Å². The van der Waals surface area contributed by atoms with Crippen LogP contribution in [0.5, 0.6) is 0 Å². The van der Waals surface area contributed by atoms with Gasteiger partial charge in [0.1, 0.15) is 11.7 Å². The molecule has 0 aliphatic carbocycles. The molecule has 4 nitrogen and oxygen atoms in total. The molecule has 1 aromatic heterocycles. The zero-order valence-corrected chi connectivity index (χ0v) is 11.1. The van der Waals surface area contributed by atoms with E-state index in [0.29, 0.717) is 5.82 Å². The second-order valence-corrected chi connectivity index (χ2v) is 4.75. The maximum Gasteiger partial charge on any atom is 0.240 e. The van der Waals surface area contributed by atoms with Crippen LogP contribution < -0.4 is 10.2 Å². The third kappa shape index (κ3) is 3.60. The zero-order chi connectivity index (χ0) is 12.8. The first-order valence-electron chi connectivity index (χ1n) is 6.36. The molecule has 98 valence electrons. The van der Waals surface area contributed by atoms with Crippen molar-refractivity contribution in [2.24, 2.45) is 0 Å². The van der Waals surface area contributed by atoms with Crippen molar-refractivity contribution in [1.29, 1.82) is 0 Å². The van der Waals surface area contributed by atoms with Gasteiger partial charge in [-0.05, 0) is 25.0 Å². The third-order valence-electron chi connectivity index (χ3n) is 3.11. The summed E-state index contributed by atoms with van der Waals surface area (Å²) >= 11 is 5.42. The Labute approximate surface area is 112 Å². The predicted molar refractivity (Wildman–Crippen MR) is 74.3 cm³/mol. The van der Waals surface area contributed by atoms with E-state index in [1.165, 1.54) is 25.7 Å². The Morgan fingerprint density at radius 1 is 1.28 bits per heavy atom. The largest absolute Gasteiger partial charge is 0.370 e. The zero-order valence-electron chi connectivity index (χ0n) is 10.4. The highest BCUT2D eigenvalue weighted by Gasteiger charge is 2.10. The highest BCUT2D eigenvalue weighted by atomic mass is 35.5. The quantitative estimate of drug-likeness (QED) is 0.857. The summed E-state index contributed by atoms with van der Waals surface area (Å²) in [4.78, 5) is 17.7. The van der Waals surface area contributed by atoms with Gasteiger partial charge in [-0.15, -0.1) is 11.6 Å². The van der Waals surface area contributed by atoms with Crippen LogP contribution in [0.25, 0.3) is 0 Å². The van der Waals surface area contributed by atoms with Gasteiger partial charge in [0, 0.05) is 13.1 Å². The number of aromatic nitrogens is 1. The van der Waals surface area contributed by atoms with Crippen LogP contribution in [0.4, 0.5) is 11.5 Å². The SMILES string of the molecule is O=C(CCl)Nc1ccc(N2CCCCCC2)cn1. The summed E-state index contributed by atoms with van der Waals surface area (Å²) in [5.74, 6) is 0.279. The van der Waals surface area contributed by atoms with Crippen molar-refractivity contribution in [2.45, 2.75) is 25.7 Å². The van der Waals surface area contributed by atoms with E-state index < -0.39 is 0 Å². The Balaban J connectivity index is 1.99. The van der Waals surface area contributed by atoms with Crippen molar-refractivity contribution in [3.8, 4) is 0 Å². The normalized spacial score (nSPS) is 16.2. The average Bonchev–Trinajstić information content (AvgIpc) is 2.68. The Morgan fingerprint density at radius 2 is 2.00 bits per heavy atom. The molecule has 0 saturated carbocycles. The summed E-state index contributed by atoms with van der Waals surface area (Å²) in [6, 6.07) is 3.83. The van der Waals surface area contributed by atoms with Crippen LogP contribution in [0.1, 0.15) is 25.7 Å². The molecule has 2 rings (SSSR count). The third-order valence-corrected chi connectivity index (χ3v) is 3.35. The summed E-state index contributed by atoms with van der Waals surface area (Å²) < 4.78 is 0. The molecule has 0 unspecified atom stereocenters. The highest BCUT2D eigenvalue weighted by Crippen LogP contribution is 2.19. The van der Waals surface area contributed by atoms with Gasteiger partial charge < -0.3 is 10.2 Å². The van der Waals surface area contributed by atoms with Gasteiger partial charge in [-0.1, -0.05) is 12.8 Å². The average molecular weight is 268 g/mol. The number of nitrogens with zero attached hydrogens (tertiary/aromatic N) is 2. The van der Waals surface area contributed by atoms with Gasteiger partial charge in [-0.2, -0.15) is 0 Å². The number of rotatable bonds is 3. The summed E-state index contributed by atoms with van der Waals surface area (Å²) in [5.41, 5.74) is 1.13. The Hall–Kier alpha value is -1.29. The minimum atomic E-state index is -0.230. The molecule has 0 radical (unpaired) electrons. The lowest BCUT2D eigenvalue weighted by atomic mass is 10.2. The first kappa shape index (κ1) is 13.1. The van der Waals surface area contributed by atoms with E-state index in [2.05, 4.69) is 15.2 Å². The second kappa shape index (κ2) is 6.59. The van der Waals surface area contributed by atoms with Gasteiger partial charge >= 0.3 is 0 Å². The van der Waals surface area contributed by atoms with Crippen molar-refractivity contribution in [1.82, 2.24) is 4.98 Å². The molecule has 1 aliphatic rings. The van der Waals surface area contributed by atoms with E-state index in [1.54, 1.807) is 0 Å². The molecule has 1 aromatic rings. The lowest BCUT2D eigenvalue weighted by Gasteiger charge is -2.22. The molecule has 18 heavy (non-hydrogen) atoms. The Morgan fingerprint density at radius 3 is 2.56 bits per heavy atom. The molecule has 5 heteroatoms. The van der Waals surface area contributed by atoms with Crippen LogP contribution in [-0.4, -0.2) is 29.9 Å². The molecular weight excluding hydrogens is 250 g/mol. The topological polar surface area (TPSA) is 45.2 Å². The van der Waals surface area contributed by atoms with Crippen LogP contribution in [0.15, 0.2) is 18.3 Å². The number of hydrogen-bond donors (Lipinski definition) is 1. The molecule has 1 aliphatic heterocycles. The van der Waals surface area contributed by atoms with Crippen molar-refractivity contribution in [2.75, 3.05) is 29.2 Å². The van der Waals surface area contributed by atoms with Gasteiger partial charge in [0.25, 0.3) is 0 Å². The van der Waals surface area contributed by atoms with Crippen molar-refractivity contribution >= 4 is 29.0 Å². The summed E-state index contributed by atoms with van der Waals surface area (Å²) in [6.45, 7) is 2.18. The summed E-state index contributed by atoms with van der Waals surface area (Å²) in [6.07, 6.45) is 6.92. The summed E-state index contributed by atoms with van der Waals surface area (Å²) in [7, 11) is 0. The summed E-state index contributed by atoms with van der Waals surface area (Å²) in [5, 5.41) is 2.63. The number of carbonyl (C=O) groups excluding carboxylic acids is 1. The first-order valence-corrected chi connectivity index (χ1v) is 6.90. The number of pyridine rings is 1.